The average Bonchev–Trinajstić information content (AvgIpc) is 2.47. The van der Waals surface area contributed by atoms with E-state index in [4.69, 9.17) is 0 Å². The van der Waals surface area contributed by atoms with Crippen LogP contribution in [0.5, 0.6) is 0 Å². The smallest absolute Gasteiger partial charge is 0.261 e. The zero-order valence-corrected chi connectivity index (χ0v) is 13.6. The first-order valence-corrected chi connectivity index (χ1v) is 8.42. The van der Waals surface area contributed by atoms with E-state index in [1.165, 1.54) is 12.1 Å². The number of carbonyl (C=O) groups excluding carboxylic acids is 1. The summed E-state index contributed by atoms with van der Waals surface area (Å²) in [7, 11) is -3.72. The second kappa shape index (κ2) is 5.93. The highest BCUT2D eigenvalue weighted by atomic mass is 32.2. The minimum atomic E-state index is -3.72. The van der Waals surface area contributed by atoms with Gasteiger partial charge in [-0.05, 0) is 24.3 Å². The van der Waals surface area contributed by atoms with Crippen LogP contribution >= 0.6 is 0 Å². The first kappa shape index (κ1) is 16.2. The van der Waals surface area contributed by atoms with Gasteiger partial charge in [-0.25, -0.2) is 8.42 Å². The van der Waals surface area contributed by atoms with Crippen molar-refractivity contribution < 1.29 is 13.2 Å². The number of sulfonamides is 1. The molecule has 0 unspecified atom stereocenters. The third kappa shape index (κ3) is 3.54. The molecular formula is C17H19NO3S. The molecule has 2 aromatic carbocycles. The molecule has 2 aromatic rings. The molecule has 1 N–H and O–H groups in total. The second-order valence-corrected chi connectivity index (χ2v) is 7.73. The standard InChI is InChI=1S/C17H19NO3S/c1-17(2,3)16(19)14-11-7-8-12-15(14)18-22(20,21)13-9-5-4-6-10-13/h4-12,18H,1-3H3. The summed E-state index contributed by atoms with van der Waals surface area (Å²) >= 11 is 0. The second-order valence-electron chi connectivity index (χ2n) is 6.04. The molecule has 22 heavy (non-hydrogen) atoms. The molecule has 0 bridgehead atoms. The van der Waals surface area contributed by atoms with Gasteiger partial charge in [-0.2, -0.15) is 0 Å². The van der Waals surface area contributed by atoms with E-state index in [0.29, 0.717) is 11.3 Å². The number of Topliss-reactive ketones (excluding diaryl/α,β-unsaturated/α-hetero) is 1. The number of anilines is 1. The number of benzene rings is 2. The minimum absolute atomic E-state index is 0.112. The van der Waals surface area contributed by atoms with Crippen LogP contribution in [-0.4, -0.2) is 14.2 Å². The van der Waals surface area contributed by atoms with Crippen molar-refractivity contribution in [2.75, 3.05) is 4.72 Å². The van der Waals surface area contributed by atoms with E-state index in [1.54, 1.807) is 63.2 Å². The number of hydrogen-bond acceptors (Lipinski definition) is 3. The van der Waals surface area contributed by atoms with E-state index in [1.807, 2.05) is 0 Å². The molecule has 116 valence electrons. The molecule has 0 aromatic heterocycles. The zero-order chi connectivity index (χ0) is 16.4. The van der Waals surface area contributed by atoms with Gasteiger partial charge in [-0.15, -0.1) is 0 Å². The van der Waals surface area contributed by atoms with Gasteiger partial charge in [0.1, 0.15) is 0 Å². The Labute approximate surface area is 131 Å². The Morgan fingerprint density at radius 1 is 0.909 bits per heavy atom. The lowest BCUT2D eigenvalue weighted by molar-refractivity contribution is 0.0859. The van der Waals surface area contributed by atoms with E-state index >= 15 is 0 Å². The van der Waals surface area contributed by atoms with Gasteiger partial charge in [0.25, 0.3) is 10.0 Å². The molecule has 0 atom stereocenters. The summed E-state index contributed by atoms with van der Waals surface area (Å²) in [5.74, 6) is -0.112. The van der Waals surface area contributed by atoms with Crippen molar-refractivity contribution >= 4 is 21.5 Å². The monoisotopic (exact) mass is 317 g/mol. The Morgan fingerprint density at radius 2 is 1.45 bits per heavy atom. The molecule has 0 amide bonds. The summed E-state index contributed by atoms with van der Waals surface area (Å²) in [5.41, 5.74) is 0.0784. The molecule has 0 spiro atoms. The summed E-state index contributed by atoms with van der Waals surface area (Å²) in [5, 5.41) is 0. The molecule has 0 aliphatic rings. The predicted octanol–water partition coefficient (Wildman–Crippen LogP) is 3.72. The molecular weight excluding hydrogens is 298 g/mol. The summed E-state index contributed by atoms with van der Waals surface area (Å²) in [6.07, 6.45) is 0. The summed E-state index contributed by atoms with van der Waals surface area (Å²) in [6.45, 7) is 5.41. The molecule has 0 aliphatic heterocycles. The fraction of sp³-hybridized carbons (Fsp3) is 0.235. The predicted molar refractivity (Wildman–Crippen MR) is 87.5 cm³/mol. The lowest BCUT2D eigenvalue weighted by Crippen LogP contribution is -2.23. The number of hydrogen-bond donors (Lipinski definition) is 1. The molecule has 0 heterocycles. The van der Waals surface area contributed by atoms with Crippen LogP contribution in [-0.2, 0) is 10.0 Å². The highest BCUT2D eigenvalue weighted by Gasteiger charge is 2.26. The van der Waals surface area contributed by atoms with Crippen LogP contribution < -0.4 is 4.72 Å². The Hall–Kier alpha value is -2.14. The fourth-order valence-electron chi connectivity index (χ4n) is 1.98. The molecule has 0 radical (unpaired) electrons. The van der Waals surface area contributed by atoms with E-state index < -0.39 is 15.4 Å². The van der Waals surface area contributed by atoms with Crippen molar-refractivity contribution in [2.24, 2.45) is 5.41 Å². The van der Waals surface area contributed by atoms with Crippen molar-refractivity contribution in [1.82, 2.24) is 0 Å². The Bertz CT molecular complexity index is 775. The maximum Gasteiger partial charge on any atom is 0.261 e. The molecule has 0 saturated carbocycles. The third-order valence-corrected chi connectivity index (χ3v) is 4.53. The highest BCUT2D eigenvalue weighted by molar-refractivity contribution is 7.92. The van der Waals surface area contributed by atoms with Crippen LogP contribution in [0.2, 0.25) is 0 Å². The van der Waals surface area contributed by atoms with Gasteiger partial charge in [0, 0.05) is 11.0 Å². The van der Waals surface area contributed by atoms with Gasteiger partial charge in [-0.1, -0.05) is 51.1 Å². The number of carbonyl (C=O) groups is 1. The average molecular weight is 317 g/mol. The number of para-hydroxylation sites is 1. The van der Waals surface area contributed by atoms with Crippen molar-refractivity contribution in [1.29, 1.82) is 0 Å². The van der Waals surface area contributed by atoms with Crippen LogP contribution in [0.1, 0.15) is 31.1 Å². The molecule has 2 rings (SSSR count). The van der Waals surface area contributed by atoms with Gasteiger partial charge in [-0.3, -0.25) is 9.52 Å². The molecule has 0 fully saturated rings. The number of nitrogens with one attached hydrogen (secondary N) is 1. The highest BCUT2D eigenvalue weighted by Crippen LogP contribution is 2.27. The van der Waals surface area contributed by atoms with Crippen LogP contribution in [0.15, 0.2) is 59.5 Å². The van der Waals surface area contributed by atoms with E-state index in [-0.39, 0.29) is 10.7 Å². The molecule has 5 heteroatoms. The quantitative estimate of drug-likeness (QED) is 0.874. The van der Waals surface area contributed by atoms with Crippen molar-refractivity contribution in [2.45, 2.75) is 25.7 Å². The maximum atomic E-state index is 12.5. The van der Waals surface area contributed by atoms with Crippen LogP contribution in [0.25, 0.3) is 0 Å². The van der Waals surface area contributed by atoms with Crippen LogP contribution in [0.4, 0.5) is 5.69 Å². The van der Waals surface area contributed by atoms with Gasteiger partial charge >= 0.3 is 0 Å². The van der Waals surface area contributed by atoms with E-state index in [9.17, 15) is 13.2 Å². The Kier molecular flexibility index (Phi) is 4.37. The number of rotatable bonds is 4. The Morgan fingerprint density at radius 3 is 2.05 bits per heavy atom. The lowest BCUT2D eigenvalue weighted by Gasteiger charge is -2.19. The summed E-state index contributed by atoms with van der Waals surface area (Å²) < 4.78 is 27.3. The summed E-state index contributed by atoms with van der Waals surface area (Å²) in [4.78, 5) is 12.6. The van der Waals surface area contributed by atoms with Crippen LogP contribution in [0.3, 0.4) is 0 Å². The SMILES string of the molecule is CC(C)(C)C(=O)c1ccccc1NS(=O)(=O)c1ccccc1. The molecule has 4 nitrogen and oxygen atoms in total. The third-order valence-electron chi connectivity index (χ3n) is 3.15. The van der Waals surface area contributed by atoms with E-state index in [0.717, 1.165) is 0 Å². The van der Waals surface area contributed by atoms with Crippen molar-refractivity contribution in [3.63, 3.8) is 0 Å². The largest absolute Gasteiger partial charge is 0.294 e. The fourth-order valence-corrected chi connectivity index (χ4v) is 3.08. The zero-order valence-electron chi connectivity index (χ0n) is 12.8. The minimum Gasteiger partial charge on any atom is -0.294 e. The molecule has 0 aliphatic carbocycles. The van der Waals surface area contributed by atoms with Crippen molar-refractivity contribution in [3.8, 4) is 0 Å². The Balaban J connectivity index is 2.42. The van der Waals surface area contributed by atoms with Crippen LogP contribution in [0, 0.1) is 5.41 Å². The van der Waals surface area contributed by atoms with Gasteiger partial charge in [0.2, 0.25) is 0 Å². The first-order chi connectivity index (χ1) is 10.2. The lowest BCUT2D eigenvalue weighted by atomic mass is 9.86. The first-order valence-electron chi connectivity index (χ1n) is 6.93. The normalized spacial score (nSPS) is 12.0. The van der Waals surface area contributed by atoms with Gasteiger partial charge in [0.15, 0.2) is 5.78 Å². The van der Waals surface area contributed by atoms with Crippen molar-refractivity contribution in [3.05, 3.63) is 60.2 Å². The number of ketones is 1. The van der Waals surface area contributed by atoms with Gasteiger partial charge in [0.05, 0.1) is 10.6 Å². The van der Waals surface area contributed by atoms with E-state index in [2.05, 4.69) is 4.72 Å². The topological polar surface area (TPSA) is 63.2 Å². The van der Waals surface area contributed by atoms with Gasteiger partial charge < -0.3 is 0 Å². The maximum absolute atomic E-state index is 12.5. The summed E-state index contributed by atoms with van der Waals surface area (Å²) in [6, 6.07) is 14.7. The molecule has 0 saturated heterocycles.